The Morgan fingerprint density at radius 1 is 1.00 bits per heavy atom. The Kier molecular flexibility index (Phi) is 5.40. The summed E-state index contributed by atoms with van der Waals surface area (Å²) in [4.78, 5) is 0. The SMILES string of the molecule is CC.Cc1c(F)c(F)cc(F)c1C(C)C. The van der Waals surface area contributed by atoms with Gasteiger partial charge in [0.15, 0.2) is 11.6 Å². The Bertz CT molecular complexity index is 330. The number of hydrogen-bond acceptors (Lipinski definition) is 0. The van der Waals surface area contributed by atoms with E-state index in [0.717, 1.165) is 0 Å². The van der Waals surface area contributed by atoms with Crippen molar-refractivity contribution in [3.63, 3.8) is 0 Å². The maximum atomic E-state index is 13.1. The van der Waals surface area contributed by atoms with Crippen LogP contribution in [0.25, 0.3) is 0 Å². The highest BCUT2D eigenvalue weighted by molar-refractivity contribution is 5.32. The molecule has 0 aromatic heterocycles. The van der Waals surface area contributed by atoms with Gasteiger partial charge in [-0.3, -0.25) is 0 Å². The van der Waals surface area contributed by atoms with Gasteiger partial charge in [-0.25, -0.2) is 13.2 Å². The lowest BCUT2D eigenvalue weighted by Crippen LogP contribution is -2.02. The Labute approximate surface area is 89.1 Å². The molecule has 1 aromatic carbocycles. The molecule has 0 saturated heterocycles. The monoisotopic (exact) mass is 218 g/mol. The first-order valence-corrected chi connectivity index (χ1v) is 5.09. The fraction of sp³-hybridized carbons (Fsp3) is 0.500. The van der Waals surface area contributed by atoms with E-state index in [2.05, 4.69) is 0 Å². The van der Waals surface area contributed by atoms with Crippen molar-refractivity contribution in [3.8, 4) is 0 Å². The van der Waals surface area contributed by atoms with Gasteiger partial charge < -0.3 is 0 Å². The van der Waals surface area contributed by atoms with Gasteiger partial charge in [0.05, 0.1) is 0 Å². The largest absolute Gasteiger partial charge is 0.207 e. The van der Waals surface area contributed by atoms with Crippen molar-refractivity contribution in [2.75, 3.05) is 0 Å². The molecule has 0 radical (unpaired) electrons. The van der Waals surface area contributed by atoms with E-state index in [1.54, 1.807) is 13.8 Å². The summed E-state index contributed by atoms with van der Waals surface area (Å²) in [6.07, 6.45) is 0. The van der Waals surface area contributed by atoms with Crippen molar-refractivity contribution in [2.45, 2.75) is 40.5 Å². The van der Waals surface area contributed by atoms with Crippen molar-refractivity contribution in [1.29, 1.82) is 0 Å². The van der Waals surface area contributed by atoms with Gasteiger partial charge in [-0.15, -0.1) is 0 Å². The van der Waals surface area contributed by atoms with E-state index in [1.165, 1.54) is 6.92 Å². The molecule has 0 atom stereocenters. The van der Waals surface area contributed by atoms with E-state index in [4.69, 9.17) is 0 Å². The summed E-state index contributed by atoms with van der Waals surface area (Å²) in [7, 11) is 0. The van der Waals surface area contributed by atoms with Crippen LogP contribution in [-0.2, 0) is 0 Å². The molecule has 15 heavy (non-hydrogen) atoms. The highest BCUT2D eigenvalue weighted by Crippen LogP contribution is 2.26. The molecule has 0 unspecified atom stereocenters. The predicted octanol–water partition coefficient (Wildman–Crippen LogP) is 4.56. The number of rotatable bonds is 1. The first-order valence-electron chi connectivity index (χ1n) is 5.09. The minimum Gasteiger partial charge on any atom is -0.207 e. The smallest absolute Gasteiger partial charge is 0.162 e. The molecule has 0 aliphatic carbocycles. The zero-order valence-electron chi connectivity index (χ0n) is 9.79. The molecule has 0 spiro atoms. The highest BCUT2D eigenvalue weighted by Gasteiger charge is 2.17. The van der Waals surface area contributed by atoms with Crippen molar-refractivity contribution in [1.82, 2.24) is 0 Å². The summed E-state index contributed by atoms with van der Waals surface area (Å²) in [5.74, 6) is -2.90. The Morgan fingerprint density at radius 3 is 1.87 bits per heavy atom. The van der Waals surface area contributed by atoms with E-state index in [0.29, 0.717) is 6.07 Å². The normalized spacial score (nSPS) is 9.93. The zero-order valence-corrected chi connectivity index (χ0v) is 9.79. The second kappa shape index (κ2) is 5.79. The van der Waals surface area contributed by atoms with Crippen LogP contribution in [0, 0.1) is 24.4 Å². The van der Waals surface area contributed by atoms with Gasteiger partial charge in [0, 0.05) is 6.07 Å². The van der Waals surface area contributed by atoms with Gasteiger partial charge in [-0.05, 0) is 24.0 Å². The summed E-state index contributed by atoms with van der Waals surface area (Å²) in [5, 5.41) is 0. The second-order valence-corrected chi connectivity index (χ2v) is 3.35. The zero-order chi connectivity index (χ0) is 12.2. The highest BCUT2D eigenvalue weighted by atomic mass is 19.2. The summed E-state index contributed by atoms with van der Waals surface area (Å²) < 4.78 is 38.8. The molecule has 0 fully saturated rings. The molecule has 1 aromatic rings. The third kappa shape index (κ3) is 2.98. The van der Waals surface area contributed by atoms with Gasteiger partial charge in [-0.1, -0.05) is 27.7 Å². The first-order chi connectivity index (χ1) is 6.95. The molecule has 86 valence electrons. The van der Waals surface area contributed by atoms with Crippen LogP contribution in [0.5, 0.6) is 0 Å². The number of halogens is 3. The Balaban J connectivity index is 0.000000921. The molecular formula is C12H17F3. The lowest BCUT2D eigenvalue weighted by atomic mass is 9.97. The third-order valence-corrected chi connectivity index (χ3v) is 2.03. The van der Waals surface area contributed by atoms with E-state index >= 15 is 0 Å². The third-order valence-electron chi connectivity index (χ3n) is 2.03. The molecule has 3 heteroatoms. The Morgan fingerprint density at radius 2 is 1.47 bits per heavy atom. The lowest BCUT2D eigenvalue weighted by Gasteiger charge is -2.11. The van der Waals surface area contributed by atoms with Crippen LogP contribution < -0.4 is 0 Å². The number of benzene rings is 1. The molecule has 0 aliphatic rings. The van der Waals surface area contributed by atoms with Gasteiger partial charge in [0.2, 0.25) is 0 Å². The molecule has 1 rings (SSSR count). The molecular weight excluding hydrogens is 201 g/mol. The van der Waals surface area contributed by atoms with Crippen molar-refractivity contribution >= 4 is 0 Å². The summed E-state index contributed by atoms with van der Waals surface area (Å²) >= 11 is 0. The van der Waals surface area contributed by atoms with Crippen LogP contribution >= 0.6 is 0 Å². The molecule has 0 bridgehead atoms. The lowest BCUT2D eigenvalue weighted by molar-refractivity contribution is 0.481. The summed E-state index contributed by atoms with van der Waals surface area (Å²) in [6, 6.07) is 0.595. The van der Waals surface area contributed by atoms with Crippen molar-refractivity contribution in [3.05, 3.63) is 34.6 Å². The van der Waals surface area contributed by atoms with Crippen molar-refractivity contribution in [2.24, 2.45) is 0 Å². The van der Waals surface area contributed by atoms with E-state index in [9.17, 15) is 13.2 Å². The van der Waals surface area contributed by atoms with Crippen LogP contribution in [0.2, 0.25) is 0 Å². The van der Waals surface area contributed by atoms with Gasteiger partial charge in [-0.2, -0.15) is 0 Å². The first kappa shape index (κ1) is 14.0. The molecule has 0 aliphatic heterocycles. The fourth-order valence-electron chi connectivity index (χ4n) is 1.44. The molecule has 0 saturated carbocycles. The topological polar surface area (TPSA) is 0 Å². The van der Waals surface area contributed by atoms with Crippen LogP contribution in [0.1, 0.15) is 44.7 Å². The van der Waals surface area contributed by atoms with Crippen LogP contribution in [-0.4, -0.2) is 0 Å². The summed E-state index contributed by atoms with van der Waals surface area (Å²) in [5.41, 5.74) is 0.311. The predicted molar refractivity (Wildman–Crippen MR) is 56.5 cm³/mol. The maximum Gasteiger partial charge on any atom is 0.162 e. The fourth-order valence-corrected chi connectivity index (χ4v) is 1.44. The minimum absolute atomic E-state index is 0.0625. The van der Waals surface area contributed by atoms with Crippen molar-refractivity contribution < 1.29 is 13.2 Å². The standard InChI is InChI=1S/C10H11F3.C2H6/c1-5(2)9-6(3)10(13)8(12)4-7(9)11;1-2/h4-5H,1-3H3;1-2H3. The van der Waals surface area contributed by atoms with Gasteiger partial charge >= 0.3 is 0 Å². The Hall–Kier alpha value is -0.990. The maximum absolute atomic E-state index is 13.1. The van der Waals surface area contributed by atoms with E-state index < -0.39 is 17.5 Å². The second-order valence-electron chi connectivity index (χ2n) is 3.35. The quantitative estimate of drug-likeness (QED) is 0.606. The number of hydrogen-bond donors (Lipinski definition) is 0. The van der Waals surface area contributed by atoms with Gasteiger partial charge in [0.25, 0.3) is 0 Å². The van der Waals surface area contributed by atoms with Crippen LogP contribution in [0.15, 0.2) is 6.07 Å². The van der Waals surface area contributed by atoms with Crippen LogP contribution in [0.3, 0.4) is 0 Å². The average molecular weight is 218 g/mol. The molecule has 0 N–H and O–H groups in total. The van der Waals surface area contributed by atoms with E-state index in [1.807, 2.05) is 13.8 Å². The van der Waals surface area contributed by atoms with Crippen LogP contribution in [0.4, 0.5) is 13.2 Å². The molecule has 0 heterocycles. The van der Waals surface area contributed by atoms with E-state index in [-0.39, 0.29) is 17.0 Å². The van der Waals surface area contributed by atoms with Gasteiger partial charge in [0.1, 0.15) is 5.82 Å². The minimum atomic E-state index is -1.13. The molecule has 0 nitrogen and oxygen atoms in total. The summed E-state index contributed by atoms with van der Waals surface area (Å²) in [6.45, 7) is 8.86. The molecule has 0 amide bonds. The average Bonchev–Trinajstić information content (AvgIpc) is 2.17.